The van der Waals surface area contributed by atoms with Crippen LogP contribution in [0.15, 0.2) is 6.20 Å². The van der Waals surface area contributed by atoms with Gasteiger partial charge in [-0.2, -0.15) is 4.98 Å². The van der Waals surface area contributed by atoms with Crippen molar-refractivity contribution in [3.05, 3.63) is 12.0 Å². The van der Waals surface area contributed by atoms with Gasteiger partial charge in [-0.3, -0.25) is 0 Å². The van der Waals surface area contributed by atoms with Crippen LogP contribution in [0, 0.1) is 5.82 Å². The normalized spacial score (nSPS) is 20.7. The van der Waals surface area contributed by atoms with Crippen molar-refractivity contribution in [2.75, 3.05) is 36.0 Å². The molecule has 3 heterocycles. The molecule has 2 fully saturated rings. The smallest absolute Gasteiger partial charge is 0.227 e. The molecule has 104 valence electrons. The molecule has 0 aromatic carbocycles. The number of hydrogen-bond donors (Lipinski definition) is 0. The van der Waals surface area contributed by atoms with E-state index in [9.17, 15) is 4.39 Å². The summed E-state index contributed by atoms with van der Waals surface area (Å²) >= 11 is 0. The zero-order valence-electron chi connectivity index (χ0n) is 11.3. The molecule has 19 heavy (non-hydrogen) atoms. The number of rotatable bonds is 2. The standard InChI is InChI=1S/C14H21FN4/c15-12-11-16-14(19-9-5-2-6-10-19)17-13(12)18-7-3-1-4-8-18/h11H,1-10H2. The highest BCUT2D eigenvalue weighted by Gasteiger charge is 2.20. The van der Waals surface area contributed by atoms with Crippen LogP contribution in [0.25, 0.3) is 0 Å². The molecule has 2 aliphatic heterocycles. The lowest BCUT2D eigenvalue weighted by Gasteiger charge is -2.30. The van der Waals surface area contributed by atoms with Crippen LogP contribution in [0.1, 0.15) is 38.5 Å². The van der Waals surface area contributed by atoms with Crippen molar-refractivity contribution in [2.24, 2.45) is 0 Å². The molecule has 5 heteroatoms. The Bertz CT molecular complexity index is 425. The Morgan fingerprint density at radius 1 is 0.842 bits per heavy atom. The van der Waals surface area contributed by atoms with E-state index >= 15 is 0 Å². The highest BCUT2D eigenvalue weighted by Crippen LogP contribution is 2.24. The Balaban J connectivity index is 1.82. The first kappa shape index (κ1) is 12.6. The van der Waals surface area contributed by atoms with Gasteiger partial charge in [0.2, 0.25) is 5.95 Å². The van der Waals surface area contributed by atoms with Crippen LogP contribution in [0.3, 0.4) is 0 Å². The molecule has 0 aliphatic carbocycles. The summed E-state index contributed by atoms with van der Waals surface area (Å²) in [4.78, 5) is 12.9. The molecule has 0 N–H and O–H groups in total. The van der Waals surface area contributed by atoms with E-state index in [4.69, 9.17) is 0 Å². The van der Waals surface area contributed by atoms with Gasteiger partial charge in [-0.05, 0) is 38.5 Å². The highest BCUT2D eigenvalue weighted by atomic mass is 19.1. The van der Waals surface area contributed by atoms with Crippen LogP contribution in [0.2, 0.25) is 0 Å². The number of nitrogens with zero attached hydrogens (tertiary/aromatic N) is 4. The van der Waals surface area contributed by atoms with Crippen molar-refractivity contribution in [2.45, 2.75) is 38.5 Å². The largest absolute Gasteiger partial charge is 0.354 e. The summed E-state index contributed by atoms with van der Waals surface area (Å²) in [5.41, 5.74) is 0. The van der Waals surface area contributed by atoms with Gasteiger partial charge in [0.25, 0.3) is 0 Å². The third kappa shape index (κ3) is 2.80. The van der Waals surface area contributed by atoms with Crippen LogP contribution in [-0.4, -0.2) is 36.1 Å². The third-order valence-corrected chi connectivity index (χ3v) is 4.01. The van der Waals surface area contributed by atoms with Gasteiger partial charge in [-0.1, -0.05) is 0 Å². The molecule has 1 aromatic rings. The van der Waals surface area contributed by atoms with E-state index in [1.807, 2.05) is 0 Å². The quantitative estimate of drug-likeness (QED) is 0.822. The topological polar surface area (TPSA) is 32.3 Å². The summed E-state index contributed by atoms with van der Waals surface area (Å²) in [7, 11) is 0. The van der Waals surface area contributed by atoms with E-state index < -0.39 is 0 Å². The Morgan fingerprint density at radius 2 is 1.42 bits per heavy atom. The molecule has 2 saturated heterocycles. The summed E-state index contributed by atoms with van der Waals surface area (Å²) in [5.74, 6) is 0.902. The van der Waals surface area contributed by atoms with Crippen LogP contribution >= 0.6 is 0 Å². The van der Waals surface area contributed by atoms with Crippen molar-refractivity contribution in [3.8, 4) is 0 Å². The SMILES string of the molecule is Fc1cnc(N2CCCCC2)nc1N1CCCCC1. The monoisotopic (exact) mass is 264 g/mol. The molecule has 3 rings (SSSR count). The number of piperidine rings is 2. The second-order valence-electron chi connectivity index (χ2n) is 5.44. The van der Waals surface area contributed by atoms with Crippen molar-refractivity contribution in [3.63, 3.8) is 0 Å². The fourth-order valence-electron chi connectivity index (χ4n) is 2.92. The molecule has 0 radical (unpaired) electrons. The van der Waals surface area contributed by atoms with Gasteiger partial charge in [0.1, 0.15) is 0 Å². The second-order valence-corrected chi connectivity index (χ2v) is 5.44. The van der Waals surface area contributed by atoms with Crippen molar-refractivity contribution in [1.82, 2.24) is 9.97 Å². The Labute approximate surface area is 113 Å². The lowest BCUT2D eigenvalue weighted by molar-refractivity contribution is 0.539. The molecular weight excluding hydrogens is 243 g/mol. The summed E-state index contributed by atoms with van der Waals surface area (Å²) in [6.07, 6.45) is 8.46. The average molecular weight is 264 g/mol. The number of hydrogen-bond acceptors (Lipinski definition) is 4. The molecule has 0 unspecified atom stereocenters. The summed E-state index contributed by atoms with van der Waals surface area (Å²) in [6.45, 7) is 3.80. The predicted octanol–water partition coefficient (Wildman–Crippen LogP) is 2.60. The Morgan fingerprint density at radius 3 is 2.05 bits per heavy atom. The van der Waals surface area contributed by atoms with Gasteiger partial charge < -0.3 is 9.80 Å². The molecule has 2 aliphatic rings. The van der Waals surface area contributed by atoms with Crippen LogP contribution in [-0.2, 0) is 0 Å². The minimum Gasteiger partial charge on any atom is -0.354 e. The van der Waals surface area contributed by atoms with Gasteiger partial charge in [0.05, 0.1) is 6.20 Å². The zero-order valence-corrected chi connectivity index (χ0v) is 11.3. The Kier molecular flexibility index (Phi) is 3.80. The lowest BCUT2D eigenvalue weighted by atomic mass is 10.1. The summed E-state index contributed by atoms with van der Waals surface area (Å²) < 4.78 is 13.9. The lowest BCUT2D eigenvalue weighted by Crippen LogP contribution is -2.34. The van der Waals surface area contributed by atoms with E-state index in [2.05, 4.69) is 19.8 Å². The number of halogens is 1. The van der Waals surface area contributed by atoms with Crippen molar-refractivity contribution in [1.29, 1.82) is 0 Å². The first-order valence-electron chi connectivity index (χ1n) is 7.37. The van der Waals surface area contributed by atoms with Gasteiger partial charge in [0.15, 0.2) is 11.6 Å². The third-order valence-electron chi connectivity index (χ3n) is 4.01. The van der Waals surface area contributed by atoms with Crippen LogP contribution in [0.5, 0.6) is 0 Å². The number of aromatic nitrogens is 2. The summed E-state index contributed by atoms with van der Waals surface area (Å²) in [6, 6.07) is 0. The molecule has 1 aromatic heterocycles. The van der Waals surface area contributed by atoms with Crippen LogP contribution in [0.4, 0.5) is 16.2 Å². The van der Waals surface area contributed by atoms with E-state index in [0.717, 1.165) is 39.0 Å². The molecule has 4 nitrogen and oxygen atoms in total. The average Bonchev–Trinajstić information content (AvgIpc) is 2.49. The van der Waals surface area contributed by atoms with Crippen LogP contribution < -0.4 is 9.80 Å². The fraction of sp³-hybridized carbons (Fsp3) is 0.714. The fourth-order valence-corrected chi connectivity index (χ4v) is 2.92. The molecular formula is C14H21FN4. The molecule has 0 spiro atoms. The molecule has 0 saturated carbocycles. The predicted molar refractivity (Wildman–Crippen MR) is 74.1 cm³/mol. The van der Waals surface area contributed by atoms with Crippen molar-refractivity contribution < 1.29 is 4.39 Å². The number of anilines is 2. The first-order valence-corrected chi connectivity index (χ1v) is 7.37. The minimum absolute atomic E-state index is 0.289. The maximum atomic E-state index is 13.9. The first-order chi connectivity index (χ1) is 9.34. The van der Waals surface area contributed by atoms with E-state index in [0.29, 0.717) is 11.8 Å². The second kappa shape index (κ2) is 5.72. The van der Waals surface area contributed by atoms with Gasteiger partial charge in [0, 0.05) is 26.2 Å². The molecule has 0 amide bonds. The van der Waals surface area contributed by atoms with E-state index in [1.54, 1.807) is 0 Å². The zero-order chi connectivity index (χ0) is 13.1. The van der Waals surface area contributed by atoms with Gasteiger partial charge in [-0.25, -0.2) is 9.37 Å². The molecule has 0 atom stereocenters. The highest BCUT2D eigenvalue weighted by molar-refractivity contribution is 5.45. The van der Waals surface area contributed by atoms with Gasteiger partial charge in [-0.15, -0.1) is 0 Å². The van der Waals surface area contributed by atoms with E-state index in [-0.39, 0.29) is 5.82 Å². The maximum absolute atomic E-state index is 13.9. The van der Waals surface area contributed by atoms with E-state index in [1.165, 1.54) is 31.9 Å². The minimum atomic E-state index is -0.289. The van der Waals surface area contributed by atoms with Gasteiger partial charge >= 0.3 is 0 Å². The summed E-state index contributed by atoms with van der Waals surface area (Å²) in [5, 5.41) is 0. The Hall–Kier alpha value is -1.39. The van der Waals surface area contributed by atoms with Crippen molar-refractivity contribution >= 4 is 11.8 Å². The maximum Gasteiger partial charge on any atom is 0.227 e. The molecule has 0 bridgehead atoms.